The zero-order valence-corrected chi connectivity index (χ0v) is 15.0. The number of piperidine rings is 1. The molecule has 2 amide bonds. The third-order valence-corrected chi connectivity index (χ3v) is 5.82. The van der Waals surface area contributed by atoms with Gasteiger partial charge >= 0.3 is 0 Å². The van der Waals surface area contributed by atoms with Crippen molar-refractivity contribution >= 4 is 34.8 Å². The molecule has 1 aromatic heterocycles. The Labute approximate surface area is 150 Å². The number of amides is 2. The normalized spacial score (nSPS) is 17.8. The van der Waals surface area contributed by atoms with Gasteiger partial charge in [0.15, 0.2) is 0 Å². The lowest BCUT2D eigenvalue weighted by atomic mass is 10.0. The summed E-state index contributed by atoms with van der Waals surface area (Å²) in [4.78, 5) is 27.8. The Balaban J connectivity index is 1.91. The number of benzene rings is 1. The van der Waals surface area contributed by atoms with Crippen LogP contribution in [-0.4, -0.2) is 29.3 Å². The highest BCUT2D eigenvalue weighted by Crippen LogP contribution is 2.34. The fourth-order valence-electron chi connectivity index (χ4n) is 3.12. The van der Waals surface area contributed by atoms with Crippen LogP contribution in [0.3, 0.4) is 0 Å². The van der Waals surface area contributed by atoms with Crippen LogP contribution in [0.1, 0.15) is 34.5 Å². The van der Waals surface area contributed by atoms with E-state index in [9.17, 15) is 9.59 Å². The van der Waals surface area contributed by atoms with E-state index >= 15 is 0 Å². The second-order valence-corrected chi connectivity index (χ2v) is 7.53. The number of nitrogens with two attached hydrogens (primary N) is 1. The number of carbonyl (C=O) groups excluding carboxylic acids is 2. The molecule has 1 aliphatic heterocycles. The van der Waals surface area contributed by atoms with Crippen molar-refractivity contribution in [2.24, 2.45) is 5.73 Å². The first-order valence-electron chi connectivity index (χ1n) is 7.94. The van der Waals surface area contributed by atoms with Gasteiger partial charge in [0.25, 0.3) is 5.91 Å². The lowest BCUT2D eigenvalue weighted by Gasteiger charge is -2.33. The molecule has 0 radical (unpaired) electrons. The van der Waals surface area contributed by atoms with E-state index in [0.29, 0.717) is 22.9 Å². The van der Waals surface area contributed by atoms with Crippen LogP contribution in [0.2, 0.25) is 5.02 Å². The van der Waals surface area contributed by atoms with E-state index in [4.69, 9.17) is 17.3 Å². The summed E-state index contributed by atoms with van der Waals surface area (Å²) in [5, 5.41) is 0.665. The summed E-state index contributed by atoms with van der Waals surface area (Å²) in [5.74, 6) is -0.536. The molecule has 1 fully saturated rings. The second-order valence-electron chi connectivity index (χ2n) is 6.05. The van der Waals surface area contributed by atoms with Crippen LogP contribution < -0.4 is 5.73 Å². The summed E-state index contributed by atoms with van der Waals surface area (Å²) < 4.78 is 0. The van der Waals surface area contributed by atoms with E-state index in [2.05, 4.69) is 0 Å². The average Bonchev–Trinajstić information content (AvgIpc) is 2.96. The van der Waals surface area contributed by atoms with Crippen molar-refractivity contribution in [3.8, 4) is 10.4 Å². The lowest BCUT2D eigenvalue weighted by molar-refractivity contribution is -0.123. The number of nitrogens with zero attached hydrogens (tertiary/aromatic N) is 1. The molecule has 2 heterocycles. The first-order valence-corrected chi connectivity index (χ1v) is 9.13. The van der Waals surface area contributed by atoms with E-state index in [-0.39, 0.29) is 5.91 Å². The Bertz CT molecular complexity index is 787. The van der Waals surface area contributed by atoms with Gasteiger partial charge in [-0.25, -0.2) is 0 Å². The van der Waals surface area contributed by atoms with Crippen LogP contribution in [0.4, 0.5) is 0 Å². The van der Waals surface area contributed by atoms with Crippen molar-refractivity contribution < 1.29 is 9.59 Å². The van der Waals surface area contributed by atoms with Gasteiger partial charge in [0.05, 0.1) is 4.88 Å². The summed E-state index contributed by atoms with van der Waals surface area (Å²) in [5.41, 5.74) is 7.49. The molecule has 6 heteroatoms. The quantitative estimate of drug-likeness (QED) is 0.901. The van der Waals surface area contributed by atoms with Crippen molar-refractivity contribution in [1.82, 2.24) is 4.90 Å². The molecular formula is C18H19ClN2O2S. The second kappa shape index (κ2) is 6.95. The minimum atomic E-state index is -0.497. The van der Waals surface area contributed by atoms with Crippen LogP contribution in [0, 0.1) is 6.92 Å². The molecular weight excluding hydrogens is 344 g/mol. The van der Waals surface area contributed by atoms with Crippen LogP contribution in [0.5, 0.6) is 0 Å². The van der Waals surface area contributed by atoms with E-state index in [1.165, 1.54) is 11.3 Å². The molecule has 0 spiro atoms. The number of likely N-dealkylation sites (tertiary alicyclic amines) is 1. The Morgan fingerprint density at radius 3 is 2.79 bits per heavy atom. The first kappa shape index (κ1) is 17.0. The predicted molar refractivity (Wildman–Crippen MR) is 97.4 cm³/mol. The minimum Gasteiger partial charge on any atom is -0.368 e. The van der Waals surface area contributed by atoms with E-state index in [0.717, 1.165) is 28.8 Å². The van der Waals surface area contributed by atoms with Crippen molar-refractivity contribution in [1.29, 1.82) is 0 Å². The standard InChI is InChI=1S/C18H19ClN2O2S/c1-11-9-15(24-16(11)12-5-4-6-13(19)10-12)18(23)21-8-3-2-7-14(21)17(20)22/h4-6,9-10,14H,2-3,7-8H2,1H3,(H2,20,22). The highest BCUT2D eigenvalue weighted by Gasteiger charge is 2.32. The Morgan fingerprint density at radius 2 is 2.08 bits per heavy atom. The fourth-order valence-corrected chi connectivity index (χ4v) is 4.43. The fraction of sp³-hybridized carbons (Fsp3) is 0.333. The van der Waals surface area contributed by atoms with Gasteiger partial charge in [-0.3, -0.25) is 9.59 Å². The smallest absolute Gasteiger partial charge is 0.264 e. The Morgan fingerprint density at radius 1 is 1.29 bits per heavy atom. The molecule has 1 atom stereocenters. The van der Waals surface area contributed by atoms with Gasteiger partial charge in [0.2, 0.25) is 5.91 Å². The average molecular weight is 363 g/mol. The SMILES string of the molecule is Cc1cc(C(=O)N2CCCCC2C(N)=O)sc1-c1cccc(Cl)c1. The molecule has 4 nitrogen and oxygen atoms in total. The maximum atomic E-state index is 12.9. The number of halogens is 1. The molecule has 0 aliphatic carbocycles. The van der Waals surface area contributed by atoms with Crippen molar-refractivity contribution in [2.75, 3.05) is 6.54 Å². The molecule has 126 valence electrons. The lowest BCUT2D eigenvalue weighted by Crippen LogP contribution is -2.50. The van der Waals surface area contributed by atoms with E-state index < -0.39 is 11.9 Å². The zero-order valence-electron chi connectivity index (χ0n) is 13.4. The van der Waals surface area contributed by atoms with Crippen molar-refractivity contribution in [3.05, 3.63) is 45.8 Å². The zero-order chi connectivity index (χ0) is 17.3. The maximum absolute atomic E-state index is 12.9. The maximum Gasteiger partial charge on any atom is 0.264 e. The first-order chi connectivity index (χ1) is 11.5. The molecule has 2 N–H and O–H groups in total. The Kier molecular flexibility index (Phi) is 4.92. The summed E-state index contributed by atoms with van der Waals surface area (Å²) in [7, 11) is 0. The topological polar surface area (TPSA) is 63.4 Å². The van der Waals surface area contributed by atoms with Gasteiger partial charge < -0.3 is 10.6 Å². The van der Waals surface area contributed by atoms with E-state index in [1.807, 2.05) is 37.3 Å². The highest BCUT2D eigenvalue weighted by atomic mass is 35.5. The molecule has 0 saturated carbocycles. The summed E-state index contributed by atoms with van der Waals surface area (Å²) in [6.45, 7) is 2.56. The number of hydrogen-bond acceptors (Lipinski definition) is 3. The van der Waals surface area contributed by atoms with Crippen molar-refractivity contribution in [2.45, 2.75) is 32.2 Å². The number of thiophene rings is 1. The monoisotopic (exact) mass is 362 g/mol. The number of primary amides is 1. The molecule has 0 bridgehead atoms. The van der Waals surface area contributed by atoms with Crippen LogP contribution in [0.15, 0.2) is 30.3 Å². The predicted octanol–water partition coefficient (Wildman–Crippen LogP) is 3.86. The molecule has 1 aromatic carbocycles. The highest BCUT2D eigenvalue weighted by molar-refractivity contribution is 7.17. The molecule has 1 unspecified atom stereocenters. The van der Waals surface area contributed by atoms with Gasteiger partial charge in [0.1, 0.15) is 6.04 Å². The van der Waals surface area contributed by atoms with Gasteiger partial charge in [-0.1, -0.05) is 23.7 Å². The Hall–Kier alpha value is -1.85. The number of carbonyl (C=O) groups is 2. The van der Waals surface area contributed by atoms with Gasteiger partial charge in [0, 0.05) is 16.4 Å². The van der Waals surface area contributed by atoms with E-state index in [1.54, 1.807) is 4.90 Å². The van der Waals surface area contributed by atoms with Crippen molar-refractivity contribution in [3.63, 3.8) is 0 Å². The molecule has 1 saturated heterocycles. The van der Waals surface area contributed by atoms with Gasteiger partial charge in [-0.05, 0) is 55.5 Å². The largest absolute Gasteiger partial charge is 0.368 e. The molecule has 2 aromatic rings. The van der Waals surface area contributed by atoms with Gasteiger partial charge in [-0.15, -0.1) is 11.3 Å². The van der Waals surface area contributed by atoms with Crippen LogP contribution in [0.25, 0.3) is 10.4 Å². The minimum absolute atomic E-state index is 0.111. The summed E-state index contributed by atoms with van der Waals surface area (Å²) >= 11 is 7.51. The third kappa shape index (κ3) is 3.32. The summed E-state index contributed by atoms with van der Waals surface area (Å²) in [6, 6.07) is 8.98. The van der Waals surface area contributed by atoms with Crippen LogP contribution >= 0.6 is 22.9 Å². The third-order valence-electron chi connectivity index (χ3n) is 4.31. The molecule has 1 aliphatic rings. The van der Waals surface area contributed by atoms with Crippen LogP contribution in [-0.2, 0) is 4.79 Å². The molecule has 24 heavy (non-hydrogen) atoms. The number of rotatable bonds is 3. The number of hydrogen-bond donors (Lipinski definition) is 1. The number of aryl methyl sites for hydroxylation is 1. The summed E-state index contributed by atoms with van der Waals surface area (Å²) in [6.07, 6.45) is 2.47. The van der Waals surface area contributed by atoms with Gasteiger partial charge in [-0.2, -0.15) is 0 Å². The molecule has 3 rings (SSSR count).